The molecule has 1 heterocycles. The molecule has 1 unspecified atom stereocenters. The van der Waals surface area contributed by atoms with Gasteiger partial charge in [-0.25, -0.2) is 15.2 Å². The van der Waals surface area contributed by atoms with Crippen molar-refractivity contribution in [2.24, 2.45) is 5.84 Å². The number of aromatic nitrogens is 2. The molecule has 96 valence electrons. The Morgan fingerprint density at radius 3 is 2.94 bits per heavy atom. The Balaban J connectivity index is 2.76. The van der Waals surface area contributed by atoms with Crippen LogP contribution in [0, 0.1) is 5.82 Å². The summed E-state index contributed by atoms with van der Waals surface area (Å²) < 4.78 is 18.5. The highest BCUT2D eigenvalue weighted by Gasteiger charge is 2.12. The molecule has 0 saturated carbocycles. The number of nitrogens with zero attached hydrogens (tertiary/aromatic N) is 2. The number of halogens is 1. The summed E-state index contributed by atoms with van der Waals surface area (Å²) >= 11 is 0. The van der Waals surface area contributed by atoms with Gasteiger partial charge < -0.3 is 10.1 Å². The van der Waals surface area contributed by atoms with Gasteiger partial charge in [-0.3, -0.25) is 5.43 Å². The largest absolute Gasteiger partial charge is 0.383 e. The van der Waals surface area contributed by atoms with Gasteiger partial charge in [0.15, 0.2) is 11.6 Å². The lowest BCUT2D eigenvalue weighted by atomic mass is 10.2. The Bertz CT molecular complexity index is 343. The number of hydrogen-bond acceptors (Lipinski definition) is 6. The quantitative estimate of drug-likeness (QED) is 0.491. The van der Waals surface area contributed by atoms with Gasteiger partial charge in [-0.1, -0.05) is 13.3 Å². The van der Waals surface area contributed by atoms with Crippen LogP contribution in [0.3, 0.4) is 0 Å². The van der Waals surface area contributed by atoms with Crippen molar-refractivity contribution >= 4 is 11.8 Å². The van der Waals surface area contributed by atoms with E-state index in [1.54, 1.807) is 7.11 Å². The van der Waals surface area contributed by atoms with Crippen molar-refractivity contribution in [3.8, 4) is 0 Å². The summed E-state index contributed by atoms with van der Waals surface area (Å²) in [7, 11) is 1.60. The summed E-state index contributed by atoms with van der Waals surface area (Å²) in [6.07, 6.45) is 2.90. The highest BCUT2D eigenvalue weighted by Crippen LogP contribution is 2.14. The van der Waals surface area contributed by atoms with Crippen LogP contribution in [0.15, 0.2) is 6.20 Å². The second kappa shape index (κ2) is 6.97. The standard InChI is InChI=1S/C10H18FN5O/c1-3-4-7(6-17-2)14-9-8(11)5-13-10(15-9)16-12/h5,7H,3-4,6,12H2,1-2H3,(H2,13,14,15,16). The average Bonchev–Trinajstić information content (AvgIpc) is 2.32. The molecule has 0 aliphatic rings. The molecular weight excluding hydrogens is 225 g/mol. The normalized spacial score (nSPS) is 12.2. The van der Waals surface area contributed by atoms with Crippen molar-refractivity contribution in [2.75, 3.05) is 24.5 Å². The second-order valence-electron chi connectivity index (χ2n) is 3.62. The van der Waals surface area contributed by atoms with Crippen molar-refractivity contribution < 1.29 is 9.13 Å². The van der Waals surface area contributed by atoms with Crippen LogP contribution < -0.4 is 16.6 Å². The summed E-state index contributed by atoms with van der Waals surface area (Å²) in [5.41, 5.74) is 2.27. The Morgan fingerprint density at radius 2 is 2.35 bits per heavy atom. The maximum atomic E-state index is 13.4. The molecule has 0 aromatic carbocycles. The molecule has 1 atom stereocenters. The van der Waals surface area contributed by atoms with Gasteiger partial charge in [0.25, 0.3) is 0 Å². The first kappa shape index (κ1) is 13.6. The topological polar surface area (TPSA) is 85.1 Å². The van der Waals surface area contributed by atoms with Crippen LogP contribution in [-0.2, 0) is 4.74 Å². The van der Waals surface area contributed by atoms with E-state index < -0.39 is 5.82 Å². The predicted molar refractivity (Wildman–Crippen MR) is 64.0 cm³/mol. The molecule has 0 radical (unpaired) electrons. The van der Waals surface area contributed by atoms with Crippen LogP contribution in [0.2, 0.25) is 0 Å². The number of ether oxygens (including phenoxy) is 1. The van der Waals surface area contributed by atoms with Gasteiger partial charge in [-0.05, 0) is 6.42 Å². The summed E-state index contributed by atoms with van der Waals surface area (Å²) in [6.45, 7) is 2.54. The van der Waals surface area contributed by atoms with Crippen molar-refractivity contribution in [3.63, 3.8) is 0 Å². The Kier molecular flexibility index (Phi) is 5.58. The number of methoxy groups -OCH3 is 1. The predicted octanol–water partition coefficient (Wildman–Crippen LogP) is 1.13. The van der Waals surface area contributed by atoms with Gasteiger partial charge in [0.05, 0.1) is 18.8 Å². The maximum Gasteiger partial charge on any atom is 0.239 e. The van der Waals surface area contributed by atoms with E-state index in [0.29, 0.717) is 6.61 Å². The van der Waals surface area contributed by atoms with E-state index in [0.717, 1.165) is 19.0 Å². The van der Waals surface area contributed by atoms with Crippen molar-refractivity contribution in [2.45, 2.75) is 25.8 Å². The van der Waals surface area contributed by atoms with E-state index in [2.05, 4.69) is 20.7 Å². The number of nitrogens with two attached hydrogens (primary N) is 1. The molecule has 0 fully saturated rings. The maximum absolute atomic E-state index is 13.4. The van der Waals surface area contributed by atoms with Crippen LogP contribution in [0.1, 0.15) is 19.8 Å². The lowest BCUT2D eigenvalue weighted by Gasteiger charge is -2.18. The molecule has 4 N–H and O–H groups in total. The number of hydrogen-bond donors (Lipinski definition) is 3. The lowest BCUT2D eigenvalue weighted by Crippen LogP contribution is -2.26. The minimum absolute atomic E-state index is 0.0139. The number of rotatable bonds is 7. The Hall–Kier alpha value is -1.47. The monoisotopic (exact) mass is 243 g/mol. The molecule has 1 rings (SSSR count). The average molecular weight is 243 g/mol. The molecular formula is C10H18FN5O. The van der Waals surface area contributed by atoms with Gasteiger partial charge in [-0.2, -0.15) is 4.98 Å². The summed E-state index contributed by atoms with van der Waals surface area (Å²) in [5, 5.41) is 2.98. The zero-order valence-corrected chi connectivity index (χ0v) is 10.0. The molecule has 0 amide bonds. The first-order chi connectivity index (χ1) is 8.21. The molecule has 1 aromatic heterocycles. The lowest BCUT2D eigenvalue weighted by molar-refractivity contribution is 0.182. The van der Waals surface area contributed by atoms with Gasteiger partial charge >= 0.3 is 0 Å². The highest BCUT2D eigenvalue weighted by molar-refractivity contribution is 5.41. The van der Waals surface area contributed by atoms with Crippen LogP contribution in [-0.4, -0.2) is 29.7 Å². The molecule has 0 bridgehead atoms. The fourth-order valence-electron chi connectivity index (χ4n) is 1.48. The van der Waals surface area contributed by atoms with E-state index in [1.165, 1.54) is 0 Å². The third kappa shape index (κ3) is 4.12. The third-order valence-electron chi connectivity index (χ3n) is 2.22. The fraction of sp³-hybridized carbons (Fsp3) is 0.600. The highest BCUT2D eigenvalue weighted by atomic mass is 19.1. The minimum Gasteiger partial charge on any atom is -0.383 e. The molecule has 0 spiro atoms. The zero-order chi connectivity index (χ0) is 12.7. The van der Waals surface area contributed by atoms with Crippen LogP contribution in [0.25, 0.3) is 0 Å². The fourth-order valence-corrected chi connectivity index (χ4v) is 1.48. The number of nitrogens with one attached hydrogen (secondary N) is 2. The summed E-state index contributed by atoms with van der Waals surface area (Å²) in [6, 6.07) is 0.0139. The molecule has 0 saturated heterocycles. The smallest absolute Gasteiger partial charge is 0.239 e. The van der Waals surface area contributed by atoms with Gasteiger partial charge in [-0.15, -0.1) is 0 Å². The van der Waals surface area contributed by atoms with E-state index in [9.17, 15) is 4.39 Å². The first-order valence-corrected chi connectivity index (χ1v) is 5.45. The number of hydrazine groups is 1. The molecule has 6 nitrogen and oxygen atoms in total. The minimum atomic E-state index is -0.513. The van der Waals surface area contributed by atoms with E-state index >= 15 is 0 Å². The van der Waals surface area contributed by atoms with Crippen molar-refractivity contribution in [1.82, 2.24) is 9.97 Å². The molecule has 1 aromatic rings. The summed E-state index contributed by atoms with van der Waals surface area (Å²) in [4.78, 5) is 7.57. The Labute approximate surface area is 99.7 Å². The van der Waals surface area contributed by atoms with E-state index in [1.807, 2.05) is 6.92 Å². The van der Waals surface area contributed by atoms with E-state index in [4.69, 9.17) is 10.6 Å². The van der Waals surface area contributed by atoms with E-state index in [-0.39, 0.29) is 17.8 Å². The van der Waals surface area contributed by atoms with Crippen LogP contribution in [0.5, 0.6) is 0 Å². The number of nitrogen functional groups attached to an aromatic ring is 1. The van der Waals surface area contributed by atoms with Gasteiger partial charge in [0, 0.05) is 7.11 Å². The van der Waals surface area contributed by atoms with Crippen molar-refractivity contribution in [1.29, 1.82) is 0 Å². The molecule has 17 heavy (non-hydrogen) atoms. The SMILES string of the molecule is CCCC(COC)Nc1nc(NN)ncc1F. The molecule has 0 aliphatic heterocycles. The van der Waals surface area contributed by atoms with Gasteiger partial charge in [0.2, 0.25) is 5.95 Å². The molecule has 0 aliphatic carbocycles. The third-order valence-corrected chi connectivity index (χ3v) is 2.22. The number of anilines is 2. The van der Waals surface area contributed by atoms with Crippen LogP contribution >= 0.6 is 0 Å². The van der Waals surface area contributed by atoms with Crippen molar-refractivity contribution in [3.05, 3.63) is 12.0 Å². The first-order valence-electron chi connectivity index (χ1n) is 5.45. The van der Waals surface area contributed by atoms with Gasteiger partial charge in [0.1, 0.15) is 0 Å². The van der Waals surface area contributed by atoms with Crippen LogP contribution in [0.4, 0.5) is 16.2 Å². The molecule has 7 heteroatoms. The second-order valence-corrected chi connectivity index (χ2v) is 3.62. The summed E-state index contributed by atoms with van der Waals surface area (Å²) in [5.74, 6) is 4.95. The zero-order valence-electron chi connectivity index (χ0n) is 10.0. The Morgan fingerprint density at radius 1 is 1.59 bits per heavy atom.